The molecule has 0 amide bonds. The molecule has 0 aromatic heterocycles. The molecule has 0 saturated heterocycles. The first kappa shape index (κ1) is 19.6. The summed E-state index contributed by atoms with van der Waals surface area (Å²) in [5, 5.41) is 10.5. The first-order valence-electron chi connectivity index (χ1n) is 9.06. The Balaban J connectivity index is 1.59. The van der Waals surface area contributed by atoms with Crippen LogP contribution < -0.4 is 4.74 Å². The summed E-state index contributed by atoms with van der Waals surface area (Å²) < 4.78 is 6.73. The molecule has 0 aliphatic carbocycles. The molecule has 0 radical (unpaired) electrons. The van der Waals surface area contributed by atoms with Crippen LogP contribution in [0.15, 0.2) is 89.4 Å². The van der Waals surface area contributed by atoms with Gasteiger partial charge in [0.2, 0.25) is 0 Å². The second kappa shape index (κ2) is 10.3. The van der Waals surface area contributed by atoms with Gasteiger partial charge in [-0.3, -0.25) is 4.90 Å². The lowest BCUT2D eigenvalue weighted by Crippen LogP contribution is -2.35. The van der Waals surface area contributed by atoms with Crippen LogP contribution in [0.5, 0.6) is 5.75 Å². The van der Waals surface area contributed by atoms with Gasteiger partial charge in [-0.05, 0) is 35.4 Å². The second-order valence-electron chi connectivity index (χ2n) is 6.56. The maximum absolute atomic E-state index is 10.5. The normalized spacial score (nSPS) is 12.1. The Labute approximate surface area is 169 Å². The van der Waals surface area contributed by atoms with Crippen molar-refractivity contribution in [2.45, 2.75) is 19.2 Å². The van der Waals surface area contributed by atoms with Crippen molar-refractivity contribution in [3.05, 3.63) is 101 Å². The van der Waals surface area contributed by atoms with Gasteiger partial charge in [0.15, 0.2) is 0 Å². The maximum atomic E-state index is 10.5. The lowest BCUT2D eigenvalue weighted by molar-refractivity contribution is 0.0628. The zero-order chi connectivity index (χ0) is 18.9. The van der Waals surface area contributed by atoms with Gasteiger partial charge < -0.3 is 9.84 Å². The van der Waals surface area contributed by atoms with Crippen LogP contribution in [-0.2, 0) is 13.1 Å². The minimum absolute atomic E-state index is 0.266. The topological polar surface area (TPSA) is 32.7 Å². The van der Waals surface area contributed by atoms with Gasteiger partial charge in [-0.15, -0.1) is 0 Å². The SMILES string of the molecule is O[C@@H](COc1ccc(Br)cc1)CN(Cc1ccccc1)Cc1ccccc1. The molecular formula is C23H24BrNO2. The molecule has 0 heterocycles. The van der Waals surface area contributed by atoms with Gasteiger partial charge in [0.05, 0.1) is 0 Å². The summed E-state index contributed by atoms with van der Waals surface area (Å²) >= 11 is 3.41. The highest BCUT2D eigenvalue weighted by Crippen LogP contribution is 2.17. The third-order valence-electron chi connectivity index (χ3n) is 4.22. The van der Waals surface area contributed by atoms with Crippen molar-refractivity contribution >= 4 is 15.9 Å². The van der Waals surface area contributed by atoms with Gasteiger partial charge >= 0.3 is 0 Å². The number of nitrogens with zero attached hydrogens (tertiary/aromatic N) is 1. The minimum atomic E-state index is -0.568. The van der Waals surface area contributed by atoms with Crippen LogP contribution >= 0.6 is 15.9 Å². The molecule has 140 valence electrons. The summed E-state index contributed by atoms with van der Waals surface area (Å²) in [6.45, 7) is 2.37. The zero-order valence-electron chi connectivity index (χ0n) is 15.2. The fourth-order valence-corrected chi connectivity index (χ4v) is 3.21. The molecule has 0 spiro atoms. The Hall–Kier alpha value is -2.14. The molecular weight excluding hydrogens is 402 g/mol. The Morgan fingerprint density at radius 3 is 1.81 bits per heavy atom. The smallest absolute Gasteiger partial charge is 0.119 e. The van der Waals surface area contributed by atoms with Crippen molar-refractivity contribution < 1.29 is 9.84 Å². The Morgan fingerprint density at radius 1 is 0.778 bits per heavy atom. The molecule has 3 aromatic carbocycles. The van der Waals surface area contributed by atoms with E-state index >= 15 is 0 Å². The number of halogens is 1. The Kier molecular flexibility index (Phi) is 7.45. The van der Waals surface area contributed by atoms with E-state index in [-0.39, 0.29) is 6.61 Å². The number of benzene rings is 3. The van der Waals surface area contributed by atoms with E-state index in [4.69, 9.17) is 4.74 Å². The third kappa shape index (κ3) is 6.83. The average molecular weight is 426 g/mol. The van der Waals surface area contributed by atoms with Gasteiger partial charge in [-0.1, -0.05) is 76.6 Å². The lowest BCUT2D eigenvalue weighted by Gasteiger charge is -2.25. The van der Waals surface area contributed by atoms with Gasteiger partial charge in [0.1, 0.15) is 18.5 Å². The van der Waals surface area contributed by atoms with Gasteiger partial charge in [0, 0.05) is 24.1 Å². The van der Waals surface area contributed by atoms with Crippen molar-refractivity contribution in [2.24, 2.45) is 0 Å². The quantitative estimate of drug-likeness (QED) is 0.529. The molecule has 3 rings (SSSR count). The molecule has 0 unspecified atom stereocenters. The third-order valence-corrected chi connectivity index (χ3v) is 4.75. The largest absolute Gasteiger partial charge is 0.491 e. The van der Waals surface area contributed by atoms with Crippen molar-refractivity contribution in [1.82, 2.24) is 4.90 Å². The fraction of sp³-hybridized carbons (Fsp3) is 0.217. The number of rotatable bonds is 9. The van der Waals surface area contributed by atoms with E-state index in [1.807, 2.05) is 60.7 Å². The van der Waals surface area contributed by atoms with Crippen LogP contribution in [0.3, 0.4) is 0 Å². The van der Waals surface area contributed by atoms with E-state index in [1.54, 1.807) is 0 Å². The first-order valence-corrected chi connectivity index (χ1v) is 9.85. The molecule has 1 atom stereocenters. The summed E-state index contributed by atoms with van der Waals surface area (Å²) in [6.07, 6.45) is -0.568. The minimum Gasteiger partial charge on any atom is -0.491 e. The molecule has 27 heavy (non-hydrogen) atoms. The average Bonchev–Trinajstić information content (AvgIpc) is 2.69. The molecule has 1 N–H and O–H groups in total. The molecule has 4 heteroatoms. The zero-order valence-corrected chi connectivity index (χ0v) is 16.8. The van der Waals surface area contributed by atoms with Crippen molar-refractivity contribution in [1.29, 1.82) is 0 Å². The maximum Gasteiger partial charge on any atom is 0.119 e. The molecule has 0 aliphatic rings. The van der Waals surface area contributed by atoms with E-state index < -0.39 is 6.10 Å². The molecule has 0 saturated carbocycles. The van der Waals surface area contributed by atoms with Crippen LogP contribution in [0.2, 0.25) is 0 Å². The number of aliphatic hydroxyl groups excluding tert-OH is 1. The lowest BCUT2D eigenvalue weighted by atomic mass is 10.1. The summed E-state index contributed by atoms with van der Waals surface area (Å²) in [6, 6.07) is 28.3. The van der Waals surface area contributed by atoms with Crippen LogP contribution in [0.4, 0.5) is 0 Å². The van der Waals surface area contributed by atoms with Gasteiger partial charge in [-0.2, -0.15) is 0 Å². The number of hydrogen-bond acceptors (Lipinski definition) is 3. The van der Waals surface area contributed by atoms with Gasteiger partial charge in [-0.25, -0.2) is 0 Å². The second-order valence-corrected chi connectivity index (χ2v) is 7.48. The number of hydrogen-bond donors (Lipinski definition) is 1. The van der Waals surface area contributed by atoms with Gasteiger partial charge in [0.25, 0.3) is 0 Å². The van der Waals surface area contributed by atoms with E-state index in [2.05, 4.69) is 45.1 Å². The fourth-order valence-electron chi connectivity index (χ4n) is 2.94. The number of ether oxygens (including phenoxy) is 1. The van der Waals surface area contributed by atoms with E-state index in [0.29, 0.717) is 6.54 Å². The molecule has 0 bridgehead atoms. The highest BCUT2D eigenvalue weighted by Gasteiger charge is 2.14. The number of aliphatic hydroxyl groups is 1. The standard InChI is InChI=1S/C23H24BrNO2/c24-21-11-13-23(14-12-21)27-18-22(26)17-25(15-19-7-3-1-4-8-19)16-20-9-5-2-6-10-20/h1-14,22,26H,15-18H2/t22-/m1/s1. The predicted molar refractivity (Wildman–Crippen MR) is 113 cm³/mol. The summed E-state index contributed by atoms with van der Waals surface area (Å²) in [5.74, 6) is 0.759. The van der Waals surface area contributed by atoms with Crippen LogP contribution in [0, 0.1) is 0 Å². The summed E-state index contributed by atoms with van der Waals surface area (Å²) in [7, 11) is 0. The predicted octanol–water partition coefficient (Wildman–Crippen LogP) is 4.89. The van der Waals surface area contributed by atoms with E-state index in [9.17, 15) is 5.11 Å². The van der Waals surface area contributed by atoms with Crippen LogP contribution in [0.1, 0.15) is 11.1 Å². The van der Waals surface area contributed by atoms with Crippen molar-refractivity contribution in [3.63, 3.8) is 0 Å². The molecule has 0 fully saturated rings. The molecule has 3 aromatic rings. The van der Waals surface area contributed by atoms with E-state index in [0.717, 1.165) is 23.3 Å². The highest BCUT2D eigenvalue weighted by atomic mass is 79.9. The summed E-state index contributed by atoms with van der Waals surface area (Å²) in [5.41, 5.74) is 2.46. The highest BCUT2D eigenvalue weighted by molar-refractivity contribution is 9.10. The summed E-state index contributed by atoms with van der Waals surface area (Å²) in [4.78, 5) is 2.25. The van der Waals surface area contributed by atoms with Crippen molar-refractivity contribution in [2.75, 3.05) is 13.2 Å². The van der Waals surface area contributed by atoms with E-state index in [1.165, 1.54) is 11.1 Å². The van der Waals surface area contributed by atoms with Crippen LogP contribution in [0.25, 0.3) is 0 Å². The molecule has 0 aliphatic heterocycles. The molecule has 3 nitrogen and oxygen atoms in total. The van der Waals surface area contributed by atoms with Crippen molar-refractivity contribution in [3.8, 4) is 5.75 Å². The Morgan fingerprint density at radius 2 is 1.30 bits per heavy atom. The Bertz CT molecular complexity index is 752. The monoisotopic (exact) mass is 425 g/mol. The van der Waals surface area contributed by atoms with Crippen LogP contribution in [-0.4, -0.2) is 29.3 Å². The first-order chi connectivity index (χ1) is 13.2.